The maximum absolute atomic E-state index is 12.8. The number of nitrogens with one attached hydrogen (secondary N) is 1. The molecule has 0 radical (unpaired) electrons. The fraction of sp³-hybridized carbons (Fsp3) is 0.286. The Bertz CT molecular complexity index is 855. The van der Waals surface area contributed by atoms with Crippen molar-refractivity contribution in [2.75, 3.05) is 20.1 Å². The monoisotopic (exact) mass is 366 g/mol. The van der Waals surface area contributed by atoms with Crippen LogP contribution in [0, 0.1) is 0 Å². The van der Waals surface area contributed by atoms with E-state index in [1.807, 2.05) is 30.3 Å². The van der Waals surface area contributed by atoms with E-state index in [0.717, 1.165) is 5.56 Å². The van der Waals surface area contributed by atoms with E-state index in [-0.39, 0.29) is 11.8 Å². The number of amides is 2. The molecule has 0 atom stereocenters. The Morgan fingerprint density at radius 2 is 1.59 bits per heavy atom. The van der Waals surface area contributed by atoms with Gasteiger partial charge in [0.05, 0.1) is 5.41 Å². The SMILES string of the molecule is CNC(=O)c1cccc(C(=O)N2CCC(C(=O)O)(c3ccccc3)CC2)c1. The number of aliphatic carboxylic acids is 1. The summed E-state index contributed by atoms with van der Waals surface area (Å²) in [5.41, 5.74) is 0.650. The Morgan fingerprint density at radius 3 is 2.19 bits per heavy atom. The molecule has 2 aromatic rings. The second-order valence-electron chi connectivity index (χ2n) is 6.71. The standard InChI is InChI=1S/C21H22N2O4/c1-22-18(24)15-6-5-7-16(14-15)19(25)23-12-10-21(11-13-23,20(26)27)17-8-3-2-4-9-17/h2-9,14H,10-13H2,1H3,(H,22,24)(H,26,27). The van der Waals surface area contributed by atoms with Crippen LogP contribution in [-0.2, 0) is 10.2 Å². The van der Waals surface area contributed by atoms with Gasteiger partial charge in [0.1, 0.15) is 0 Å². The van der Waals surface area contributed by atoms with Crippen LogP contribution in [0.4, 0.5) is 0 Å². The maximum atomic E-state index is 12.8. The molecule has 1 fully saturated rings. The predicted octanol–water partition coefficient (Wildman–Crippen LogP) is 2.30. The first-order valence-electron chi connectivity index (χ1n) is 8.88. The number of carboxylic acid groups (broad SMARTS) is 1. The number of hydrogen-bond donors (Lipinski definition) is 2. The minimum absolute atomic E-state index is 0.187. The quantitative estimate of drug-likeness (QED) is 0.869. The van der Waals surface area contributed by atoms with Crippen molar-refractivity contribution in [1.29, 1.82) is 0 Å². The van der Waals surface area contributed by atoms with E-state index >= 15 is 0 Å². The number of nitrogens with zero attached hydrogens (tertiary/aromatic N) is 1. The Labute approximate surface area is 157 Å². The first kappa shape index (κ1) is 18.6. The van der Waals surface area contributed by atoms with Crippen LogP contribution in [0.5, 0.6) is 0 Å². The molecular weight excluding hydrogens is 344 g/mol. The molecule has 0 aromatic heterocycles. The average Bonchev–Trinajstić information content (AvgIpc) is 2.73. The molecule has 2 N–H and O–H groups in total. The zero-order chi connectivity index (χ0) is 19.4. The van der Waals surface area contributed by atoms with E-state index in [1.54, 1.807) is 29.2 Å². The van der Waals surface area contributed by atoms with Crippen LogP contribution in [0.3, 0.4) is 0 Å². The van der Waals surface area contributed by atoms with Gasteiger partial charge in [0.2, 0.25) is 0 Å². The largest absolute Gasteiger partial charge is 0.481 e. The highest BCUT2D eigenvalue weighted by Gasteiger charge is 2.43. The van der Waals surface area contributed by atoms with Crippen LogP contribution in [0.25, 0.3) is 0 Å². The summed E-state index contributed by atoms with van der Waals surface area (Å²) in [6.45, 7) is 0.703. The molecule has 1 saturated heterocycles. The van der Waals surface area contributed by atoms with Gasteiger partial charge < -0.3 is 15.3 Å². The van der Waals surface area contributed by atoms with E-state index in [9.17, 15) is 19.5 Å². The maximum Gasteiger partial charge on any atom is 0.314 e. The third-order valence-electron chi connectivity index (χ3n) is 5.24. The lowest BCUT2D eigenvalue weighted by atomic mass is 9.72. The fourth-order valence-electron chi connectivity index (χ4n) is 3.60. The Balaban J connectivity index is 1.78. The average molecular weight is 366 g/mol. The molecule has 2 amide bonds. The molecule has 0 aliphatic carbocycles. The number of carboxylic acids is 1. The van der Waals surface area contributed by atoms with E-state index in [0.29, 0.717) is 37.1 Å². The Kier molecular flexibility index (Phi) is 5.26. The van der Waals surface area contributed by atoms with E-state index in [1.165, 1.54) is 7.05 Å². The van der Waals surface area contributed by atoms with Gasteiger partial charge in [0.15, 0.2) is 0 Å². The summed E-state index contributed by atoms with van der Waals surface area (Å²) in [6.07, 6.45) is 0.709. The topological polar surface area (TPSA) is 86.7 Å². The highest BCUT2D eigenvalue weighted by atomic mass is 16.4. The van der Waals surface area contributed by atoms with Crippen LogP contribution in [-0.4, -0.2) is 47.9 Å². The third kappa shape index (κ3) is 3.56. The summed E-state index contributed by atoms with van der Waals surface area (Å²) in [5.74, 6) is -1.30. The lowest BCUT2D eigenvalue weighted by molar-refractivity contribution is -0.145. The third-order valence-corrected chi connectivity index (χ3v) is 5.24. The lowest BCUT2D eigenvalue weighted by Crippen LogP contribution is -2.49. The van der Waals surface area contributed by atoms with Crippen LogP contribution in [0.2, 0.25) is 0 Å². The van der Waals surface area contributed by atoms with Crippen LogP contribution < -0.4 is 5.32 Å². The highest BCUT2D eigenvalue weighted by molar-refractivity contribution is 5.99. The van der Waals surface area contributed by atoms with Crippen molar-refractivity contribution in [3.8, 4) is 0 Å². The van der Waals surface area contributed by atoms with E-state index in [2.05, 4.69) is 5.32 Å². The fourth-order valence-corrected chi connectivity index (χ4v) is 3.60. The number of rotatable bonds is 4. The van der Waals surface area contributed by atoms with Gasteiger partial charge in [-0.15, -0.1) is 0 Å². The van der Waals surface area contributed by atoms with Crippen LogP contribution in [0.15, 0.2) is 54.6 Å². The highest BCUT2D eigenvalue weighted by Crippen LogP contribution is 2.36. The summed E-state index contributed by atoms with van der Waals surface area (Å²) in [7, 11) is 1.54. The van der Waals surface area contributed by atoms with E-state index in [4.69, 9.17) is 0 Å². The van der Waals surface area contributed by atoms with Crippen LogP contribution in [0.1, 0.15) is 39.1 Å². The van der Waals surface area contributed by atoms with Gasteiger partial charge in [-0.25, -0.2) is 0 Å². The predicted molar refractivity (Wildman–Crippen MR) is 101 cm³/mol. The summed E-state index contributed by atoms with van der Waals surface area (Å²) in [5, 5.41) is 12.4. The number of piperidine rings is 1. The molecule has 0 bridgehead atoms. The number of carbonyl (C=O) groups excluding carboxylic acids is 2. The zero-order valence-electron chi connectivity index (χ0n) is 15.1. The number of carbonyl (C=O) groups is 3. The van der Waals surface area contributed by atoms with Crippen molar-refractivity contribution in [2.24, 2.45) is 0 Å². The first-order chi connectivity index (χ1) is 13.0. The smallest absolute Gasteiger partial charge is 0.314 e. The first-order valence-corrected chi connectivity index (χ1v) is 8.88. The zero-order valence-corrected chi connectivity index (χ0v) is 15.1. The summed E-state index contributed by atoms with van der Waals surface area (Å²) >= 11 is 0. The molecule has 0 saturated carbocycles. The minimum atomic E-state index is -0.970. The number of likely N-dealkylation sites (tertiary alicyclic amines) is 1. The van der Waals surface area contributed by atoms with Gasteiger partial charge in [-0.3, -0.25) is 14.4 Å². The molecule has 3 rings (SSSR count). The second-order valence-corrected chi connectivity index (χ2v) is 6.71. The summed E-state index contributed by atoms with van der Waals surface area (Å²) in [6, 6.07) is 15.8. The molecular formula is C21H22N2O4. The molecule has 6 nitrogen and oxygen atoms in total. The van der Waals surface area contributed by atoms with Gasteiger partial charge in [0, 0.05) is 31.3 Å². The molecule has 140 valence electrons. The molecule has 1 heterocycles. The van der Waals surface area contributed by atoms with Crippen molar-refractivity contribution in [2.45, 2.75) is 18.3 Å². The van der Waals surface area contributed by atoms with Crippen molar-refractivity contribution < 1.29 is 19.5 Å². The second kappa shape index (κ2) is 7.61. The van der Waals surface area contributed by atoms with Crippen LogP contribution >= 0.6 is 0 Å². The summed E-state index contributed by atoms with van der Waals surface area (Å²) in [4.78, 5) is 38.3. The van der Waals surface area contributed by atoms with Gasteiger partial charge in [-0.1, -0.05) is 36.4 Å². The van der Waals surface area contributed by atoms with Gasteiger partial charge in [0.25, 0.3) is 11.8 Å². The van der Waals surface area contributed by atoms with Gasteiger partial charge in [-0.05, 0) is 36.6 Å². The Morgan fingerprint density at radius 1 is 0.963 bits per heavy atom. The normalized spacial score (nSPS) is 15.8. The van der Waals surface area contributed by atoms with Gasteiger partial charge in [-0.2, -0.15) is 0 Å². The molecule has 0 spiro atoms. The molecule has 1 aliphatic heterocycles. The Hall–Kier alpha value is -3.15. The van der Waals surface area contributed by atoms with E-state index < -0.39 is 11.4 Å². The molecule has 1 aliphatic rings. The molecule has 27 heavy (non-hydrogen) atoms. The minimum Gasteiger partial charge on any atom is -0.481 e. The molecule has 2 aromatic carbocycles. The van der Waals surface area contributed by atoms with Crippen molar-refractivity contribution >= 4 is 17.8 Å². The lowest BCUT2D eigenvalue weighted by Gasteiger charge is -2.39. The van der Waals surface area contributed by atoms with Gasteiger partial charge >= 0.3 is 5.97 Å². The van der Waals surface area contributed by atoms with Crippen molar-refractivity contribution in [3.63, 3.8) is 0 Å². The number of benzene rings is 2. The molecule has 6 heteroatoms. The molecule has 0 unspecified atom stereocenters. The number of hydrogen-bond acceptors (Lipinski definition) is 3. The van der Waals surface area contributed by atoms with Crippen molar-refractivity contribution in [1.82, 2.24) is 10.2 Å². The van der Waals surface area contributed by atoms with Crippen molar-refractivity contribution in [3.05, 3.63) is 71.3 Å². The summed E-state index contributed by atoms with van der Waals surface area (Å²) < 4.78 is 0.